The highest BCUT2D eigenvalue weighted by molar-refractivity contribution is 5.88. The number of anilines is 1. The summed E-state index contributed by atoms with van der Waals surface area (Å²) in [6, 6.07) is 11.5. The first-order valence-corrected chi connectivity index (χ1v) is 7.01. The Labute approximate surface area is 124 Å². The number of nitrogens with zero attached hydrogens (tertiary/aromatic N) is 1. The van der Waals surface area contributed by atoms with Crippen molar-refractivity contribution >= 4 is 11.8 Å². The zero-order valence-corrected chi connectivity index (χ0v) is 12.6. The van der Waals surface area contributed by atoms with E-state index >= 15 is 0 Å². The van der Waals surface area contributed by atoms with Gasteiger partial charge in [-0.25, -0.2) is 4.79 Å². The third kappa shape index (κ3) is 4.63. The molecule has 5 heteroatoms. The minimum atomic E-state index is -0.278. The van der Waals surface area contributed by atoms with Gasteiger partial charge in [0, 0.05) is 18.0 Å². The van der Waals surface area contributed by atoms with Gasteiger partial charge in [0.2, 0.25) is 0 Å². The van der Waals surface area contributed by atoms with E-state index in [0.29, 0.717) is 12.4 Å². The van der Waals surface area contributed by atoms with Gasteiger partial charge in [-0.05, 0) is 12.0 Å². The van der Waals surface area contributed by atoms with E-state index in [-0.39, 0.29) is 11.4 Å². The number of benzene rings is 1. The zero-order chi connectivity index (χ0) is 15.3. The molecule has 0 aliphatic rings. The Morgan fingerprint density at radius 2 is 1.95 bits per heavy atom. The van der Waals surface area contributed by atoms with Crippen LogP contribution in [-0.4, -0.2) is 17.7 Å². The summed E-state index contributed by atoms with van der Waals surface area (Å²) < 4.78 is 5.21. The normalized spacial score (nSPS) is 11.2. The molecule has 0 spiro atoms. The number of hydrogen-bond acceptors (Lipinski definition) is 3. The highest BCUT2D eigenvalue weighted by Gasteiger charge is 2.20. The molecule has 0 unspecified atom stereocenters. The smallest absolute Gasteiger partial charge is 0.320 e. The Bertz CT molecular complexity index is 585. The van der Waals surface area contributed by atoms with E-state index < -0.39 is 0 Å². The predicted octanol–water partition coefficient (Wildman–Crippen LogP) is 3.34. The zero-order valence-electron chi connectivity index (χ0n) is 12.6. The molecule has 1 aromatic heterocycles. The Hall–Kier alpha value is -2.30. The second kappa shape index (κ2) is 6.43. The summed E-state index contributed by atoms with van der Waals surface area (Å²) in [6.07, 6.45) is 0.792. The summed E-state index contributed by atoms with van der Waals surface area (Å²) in [4.78, 5) is 11.8. The van der Waals surface area contributed by atoms with Crippen LogP contribution in [0.1, 0.15) is 32.1 Å². The maximum Gasteiger partial charge on any atom is 0.320 e. The van der Waals surface area contributed by atoms with Crippen LogP contribution < -0.4 is 10.6 Å². The molecule has 21 heavy (non-hydrogen) atoms. The monoisotopic (exact) mass is 287 g/mol. The second-order valence-corrected chi connectivity index (χ2v) is 5.94. The number of carbonyl (C=O) groups is 1. The molecule has 0 radical (unpaired) electrons. The Kier molecular flexibility index (Phi) is 4.62. The standard InChI is InChI=1S/C16H21N3O2/c1-16(2,3)13-11-14(19-21-13)18-15(20)17-10-9-12-7-5-4-6-8-12/h4-8,11H,9-10H2,1-3H3,(H2,17,18,19,20). The molecule has 0 atom stereocenters. The first kappa shape index (κ1) is 15.1. The fraction of sp³-hybridized carbons (Fsp3) is 0.375. The Balaban J connectivity index is 1.78. The van der Waals surface area contributed by atoms with Crippen molar-refractivity contribution in [2.45, 2.75) is 32.6 Å². The van der Waals surface area contributed by atoms with E-state index in [4.69, 9.17) is 4.52 Å². The number of aromatic nitrogens is 1. The highest BCUT2D eigenvalue weighted by atomic mass is 16.5. The van der Waals surface area contributed by atoms with Gasteiger partial charge in [0.1, 0.15) is 5.76 Å². The summed E-state index contributed by atoms with van der Waals surface area (Å²) in [5.41, 5.74) is 1.06. The lowest BCUT2D eigenvalue weighted by Gasteiger charge is -2.12. The maximum atomic E-state index is 11.8. The molecule has 1 heterocycles. The Morgan fingerprint density at radius 3 is 2.57 bits per heavy atom. The lowest BCUT2D eigenvalue weighted by atomic mass is 9.93. The lowest BCUT2D eigenvalue weighted by molar-refractivity contribution is 0.252. The number of urea groups is 1. The number of nitrogens with one attached hydrogen (secondary N) is 2. The van der Waals surface area contributed by atoms with Gasteiger partial charge in [0.05, 0.1) is 0 Å². The van der Waals surface area contributed by atoms with Gasteiger partial charge >= 0.3 is 6.03 Å². The molecule has 112 valence electrons. The SMILES string of the molecule is CC(C)(C)c1cc(NC(=O)NCCc2ccccc2)no1. The van der Waals surface area contributed by atoms with Gasteiger partial charge in [-0.3, -0.25) is 5.32 Å². The van der Waals surface area contributed by atoms with Crippen molar-refractivity contribution in [3.05, 3.63) is 47.7 Å². The van der Waals surface area contributed by atoms with Crippen molar-refractivity contribution in [1.29, 1.82) is 0 Å². The van der Waals surface area contributed by atoms with Gasteiger partial charge in [0.15, 0.2) is 5.82 Å². The molecule has 0 aliphatic heterocycles. The predicted molar refractivity (Wildman–Crippen MR) is 82.4 cm³/mol. The van der Waals surface area contributed by atoms with E-state index in [1.807, 2.05) is 51.1 Å². The fourth-order valence-electron chi connectivity index (χ4n) is 1.81. The van der Waals surface area contributed by atoms with E-state index in [1.54, 1.807) is 6.07 Å². The van der Waals surface area contributed by atoms with Crippen LogP contribution in [0, 0.1) is 0 Å². The van der Waals surface area contributed by atoms with Gasteiger partial charge in [0.25, 0.3) is 0 Å². The van der Waals surface area contributed by atoms with Crippen molar-refractivity contribution in [3.8, 4) is 0 Å². The second-order valence-electron chi connectivity index (χ2n) is 5.94. The third-order valence-electron chi connectivity index (χ3n) is 3.03. The summed E-state index contributed by atoms with van der Waals surface area (Å²) in [5.74, 6) is 1.17. The summed E-state index contributed by atoms with van der Waals surface area (Å²) in [5, 5.41) is 9.30. The van der Waals surface area contributed by atoms with Crippen molar-refractivity contribution in [2.75, 3.05) is 11.9 Å². The first-order valence-electron chi connectivity index (χ1n) is 7.01. The summed E-state index contributed by atoms with van der Waals surface area (Å²) >= 11 is 0. The van der Waals surface area contributed by atoms with E-state index in [9.17, 15) is 4.79 Å². The van der Waals surface area contributed by atoms with Crippen LogP contribution in [0.5, 0.6) is 0 Å². The van der Waals surface area contributed by atoms with Crippen LogP contribution in [0.25, 0.3) is 0 Å². The quantitative estimate of drug-likeness (QED) is 0.906. The number of carbonyl (C=O) groups excluding carboxylic acids is 1. The first-order chi connectivity index (χ1) is 9.95. The van der Waals surface area contributed by atoms with Gasteiger partial charge in [-0.2, -0.15) is 0 Å². The number of rotatable bonds is 4. The highest BCUT2D eigenvalue weighted by Crippen LogP contribution is 2.24. The molecule has 2 N–H and O–H groups in total. The molecule has 2 rings (SSSR count). The number of hydrogen-bond donors (Lipinski definition) is 2. The third-order valence-corrected chi connectivity index (χ3v) is 3.03. The van der Waals surface area contributed by atoms with Crippen molar-refractivity contribution < 1.29 is 9.32 Å². The fourth-order valence-corrected chi connectivity index (χ4v) is 1.81. The molecule has 2 aromatic rings. The average molecular weight is 287 g/mol. The average Bonchev–Trinajstić information content (AvgIpc) is 2.88. The maximum absolute atomic E-state index is 11.8. The van der Waals surface area contributed by atoms with Crippen LogP contribution in [-0.2, 0) is 11.8 Å². The summed E-state index contributed by atoms with van der Waals surface area (Å²) in [6.45, 7) is 6.64. The van der Waals surface area contributed by atoms with E-state index in [2.05, 4.69) is 15.8 Å². The molecular formula is C16H21N3O2. The van der Waals surface area contributed by atoms with Gasteiger partial charge in [-0.1, -0.05) is 56.3 Å². The topological polar surface area (TPSA) is 67.2 Å². The summed E-state index contributed by atoms with van der Waals surface area (Å²) in [7, 11) is 0. The van der Waals surface area contributed by atoms with Crippen molar-refractivity contribution in [3.63, 3.8) is 0 Å². The molecule has 0 saturated carbocycles. The minimum absolute atomic E-state index is 0.128. The molecule has 0 saturated heterocycles. The van der Waals surface area contributed by atoms with Gasteiger partial charge < -0.3 is 9.84 Å². The number of amides is 2. The van der Waals surface area contributed by atoms with Crippen LogP contribution in [0.3, 0.4) is 0 Å². The molecule has 0 bridgehead atoms. The van der Waals surface area contributed by atoms with Crippen LogP contribution in [0.2, 0.25) is 0 Å². The van der Waals surface area contributed by atoms with Crippen molar-refractivity contribution in [1.82, 2.24) is 10.5 Å². The minimum Gasteiger partial charge on any atom is -0.359 e. The molecular weight excluding hydrogens is 266 g/mol. The molecule has 2 amide bonds. The van der Waals surface area contributed by atoms with Crippen LogP contribution in [0.15, 0.2) is 40.9 Å². The molecule has 0 fully saturated rings. The lowest BCUT2D eigenvalue weighted by Crippen LogP contribution is -2.30. The molecule has 5 nitrogen and oxygen atoms in total. The van der Waals surface area contributed by atoms with Crippen molar-refractivity contribution in [2.24, 2.45) is 0 Å². The largest absolute Gasteiger partial charge is 0.359 e. The molecule has 1 aromatic carbocycles. The van der Waals surface area contributed by atoms with E-state index in [0.717, 1.165) is 12.2 Å². The molecule has 0 aliphatic carbocycles. The van der Waals surface area contributed by atoms with Crippen LogP contribution in [0.4, 0.5) is 10.6 Å². The van der Waals surface area contributed by atoms with Gasteiger partial charge in [-0.15, -0.1) is 0 Å². The van der Waals surface area contributed by atoms with Crippen LogP contribution >= 0.6 is 0 Å². The Morgan fingerprint density at radius 1 is 1.24 bits per heavy atom. The van der Waals surface area contributed by atoms with E-state index in [1.165, 1.54) is 5.56 Å².